The second kappa shape index (κ2) is 13.9. The van der Waals surface area contributed by atoms with E-state index in [0.29, 0.717) is 47.2 Å². The predicted molar refractivity (Wildman–Crippen MR) is 151 cm³/mol. The van der Waals surface area contributed by atoms with Crippen molar-refractivity contribution in [2.24, 2.45) is 5.92 Å². The van der Waals surface area contributed by atoms with Gasteiger partial charge >= 0.3 is 6.09 Å². The van der Waals surface area contributed by atoms with Crippen LogP contribution in [-0.2, 0) is 9.53 Å². The van der Waals surface area contributed by atoms with Gasteiger partial charge in [0.25, 0.3) is 0 Å². The highest BCUT2D eigenvalue weighted by atomic mass is 16.7. The van der Waals surface area contributed by atoms with Crippen molar-refractivity contribution in [2.75, 3.05) is 36.4 Å². The van der Waals surface area contributed by atoms with Crippen LogP contribution in [0.25, 0.3) is 0 Å². The largest absolute Gasteiger partial charge is 0.491 e. The predicted octanol–water partition coefficient (Wildman–Crippen LogP) is 5.27. The Balaban J connectivity index is 1.38. The molecule has 10 heteroatoms. The van der Waals surface area contributed by atoms with Gasteiger partial charge < -0.3 is 35.1 Å². The minimum Gasteiger partial charge on any atom is -0.491 e. The van der Waals surface area contributed by atoms with E-state index in [4.69, 9.17) is 29.8 Å². The third kappa shape index (κ3) is 7.90. The lowest BCUT2D eigenvalue weighted by atomic mass is 9.93. The molecule has 3 aromatic carbocycles. The number of fused-ring (bicyclic) bond motifs is 1. The maximum absolute atomic E-state index is 12.9. The van der Waals surface area contributed by atoms with E-state index in [2.05, 4.69) is 10.6 Å². The molecule has 2 atom stereocenters. The van der Waals surface area contributed by atoms with Crippen LogP contribution in [-0.4, -0.2) is 37.1 Å². The number of nitrogen functional groups attached to an aromatic ring is 1. The summed E-state index contributed by atoms with van der Waals surface area (Å²) in [7, 11) is 0. The third-order valence-electron chi connectivity index (χ3n) is 6.22. The van der Waals surface area contributed by atoms with Gasteiger partial charge in [-0.1, -0.05) is 37.3 Å². The molecule has 0 bridgehead atoms. The molecule has 10 nitrogen and oxygen atoms in total. The van der Waals surface area contributed by atoms with Gasteiger partial charge in [-0.05, 0) is 66.8 Å². The lowest BCUT2D eigenvalue weighted by Gasteiger charge is -2.25. The molecular weight excluding hydrogens is 514 g/mol. The van der Waals surface area contributed by atoms with E-state index in [1.807, 2.05) is 19.1 Å². The Hall–Kier alpha value is -4.70. The van der Waals surface area contributed by atoms with Crippen LogP contribution in [0, 0.1) is 5.92 Å². The molecule has 4 rings (SSSR count). The highest BCUT2D eigenvalue weighted by molar-refractivity contribution is 6.01. The molecule has 0 saturated heterocycles. The number of nitrogens with one attached hydrogen (secondary N) is 2. The van der Waals surface area contributed by atoms with E-state index in [0.717, 1.165) is 5.56 Å². The number of carbonyl (C=O) groups excluding carboxylic acids is 2. The fraction of sp³-hybridized carbons (Fsp3) is 0.267. The Morgan fingerprint density at radius 2 is 1.82 bits per heavy atom. The Kier molecular flexibility index (Phi) is 9.84. The zero-order valence-electron chi connectivity index (χ0n) is 22.2. The second-order valence-corrected chi connectivity index (χ2v) is 9.19. The number of nitrogens with two attached hydrogens (primary N) is 1. The summed E-state index contributed by atoms with van der Waals surface area (Å²) in [5.74, 6) is 1.39. The zero-order chi connectivity index (χ0) is 28.3. The molecule has 1 aliphatic heterocycles. The summed E-state index contributed by atoms with van der Waals surface area (Å²) < 4.78 is 22.0. The number of para-hydroxylation sites is 2. The van der Waals surface area contributed by atoms with E-state index in [1.54, 1.807) is 60.7 Å². The number of allylic oxidation sites excluding steroid dienone is 1. The molecule has 0 aromatic heterocycles. The van der Waals surface area contributed by atoms with Crippen LogP contribution < -0.4 is 30.6 Å². The first-order chi connectivity index (χ1) is 19.4. The fourth-order valence-electron chi connectivity index (χ4n) is 4.15. The van der Waals surface area contributed by atoms with Gasteiger partial charge in [0.2, 0.25) is 12.7 Å². The van der Waals surface area contributed by atoms with Gasteiger partial charge in [-0.25, -0.2) is 4.79 Å². The fourth-order valence-corrected chi connectivity index (χ4v) is 4.15. The van der Waals surface area contributed by atoms with Crippen LogP contribution in [0.1, 0.15) is 31.4 Å². The first kappa shape index (κ1) is 28.3. The van der Waals surface area contributed by atoms with Crippen molar-refractivity contribution in [1.29, 1.82) is 0 Å². The summed E-state index contributed by atoms with van der Waals surface area (Å²) >= 11 is 0. The van der Waals surface area contributed by atoms with Crippen molar-refractivity contribution in [3.63, 3.8) is 0 Å². The normalized spacial score (nSPS) is 13.4. The number of anilines is 3. The van der Waals surface area contributed by atoms with Crippen molar-refractivity contribution in [2.45, 2.75) is 25.9 Å². The molecular formula is C30H33N3O7. The van der Waals surface area contributed by atoms with Gasteiger partial charge in [0.1, 0.15) is 18.5 Å². The molecule has 0 unspecified atom stereocenters. The van der Waals surface area contributed by atoms with E-state index < -0.39 is 12.2 Å². The van der Waals surface area contributed by atoms with Gasteiger partial charge in [0.05, 0.1) is 18.0 Å². The summed E-state index contributed by atoms with van der Waals surface area (Å²) in [6.45, 7) is 2.21. The van der Waals surface area contributed by atoms with Gasteiger partial charge in [-0.3, -0.25) is 10.1 Å². The highest BCUT2D eigenvalue weighted by Crippen LogP contribution is 2.35. The molecule has 1 aliphatic rings. The minimum absolute atomic E-state index is 0.0885. The first-order valence-electron chi connectivity index (χ1n) is 13.0. The second-order valence-electron chi connectivity index (χ2n) is 9.19. The number of aliphatic hydroxyl groups excluding tert-OH is 1. The van der Waals surface area contributed by atoms with Crippen molar-refractivity contribution in [3.8, 4) is 17.2 Å². The molecule has 2 amide bonds. The van der Waals surface area contributed by atoms with E-state index >= 15 is 0 Å². The number of amides is 2. The van der Waals surface area contributed by atoms with Crippen LogP contribution in [0.4, 0.5) is 21.9 Å². The molecule has 3 aromatic rings. The van der Waals surface area contributed by atoms with Gasteiger partial charge in [0.15, 0.2) is 11.5 Å². The molecule has 0 saturated carbocycles. The van der Waals surface area contributed by atoms with Crippen molar-refractivity contribution in [1.82, 2.24) is 0 Å². The average molecular weight is 548 g/mol. The standard InChI is InChI=1S/C30H33N3O7/c1-20(6-2-5-9-28(35)33-25-8-4-3-7-24(25)31)29(21-10-13-23(14-11-21)37-17-16-34)40-30(36)32-22-12-15-26-27(18-22)39-19-38-26/h3-5,7-15,18,20,29,34H,2,6,16-17,19,31H2,1H3,(H,32,36)(H,33,35)/b9-5+/t20-,29-/m1/s1. The van der Waals surface area contributed by atoms with Crippen LogP contribution in [0.2, 0.25) is 0 Å². The Morgan fingerprint density at radius 3 is 2.60 bits per heavy atom. The van der Waals surface area contributed by atoms with Crippen molar-refractivity contribution < 1.29 is 33.6 Å². The monoisotopic (exact) mass is 547 g/mol. The smallest absolute Gasteiger partial charge is 0.412 e. The molecule has 1 heterocycles. The van der Waals surface area contributed by atoms with E-state index in [1.165, 1.54) is 6.08 Å². The third-order valence-corrected chi connectivity index (χ3v) is 6.22. The summed E-state index contributed by atoms with van der Waals surface area (Å²) in [6, 6.07) is 19.3. The van der Waals surface area contributed by atoms with Gasteiger partial charge in [-0.15, -0.1) is 0 Å². The Bertz CT molecular complexity index is 1330. The molecule has 0 radical (unpaired) electrons. The summed E-state index contributed by atoms with van der Waals surface area (Å²) in [5.41, 5.74) is 8.22. The van der Waals surface area contributed by atoms with Gasteiger partial charge in [-0.2, -0.15) is 0 Å². The number of benzene rings is 3. The van der Waals surface area contributed by atoms with Crippen LogP contribution in [0.3, 0.4) is 0 Å². The number of hydrogen-bond acceptors (Lipinski definition) is 8. The van der Waals surface area contributed by atoms with Crippen LogP contribution in [0.5, 0.6) is 17.2 Å². The molecule has 0 aliphatic carbocycles. The SMILES string of the molecule is C[C@H](CC/C=C/C(=O)Nc1ccccc1N)[C@@H](OC(=O)Nc1ccc2c(c1)OCO2)c1ccc(OCCO)cc1. The van der Waals surface area contributed by atoms with Crippen LogP contribution >= 0.6 is 0 Å². The number of rotatable bonds is 12. The lowest BCUT2D eigenvalue weighted by molar-refractivity contribution is -0.111. The summed E-state index contributed by atoms with van der Waals surface area (Å²) in [6.07, 6.45) is 3.27. The van der Waals surface area contributed by atoms with Gasteiger partial charge in [0, 0.05) is 11.8 Å². The maximum atomic E-state index is 12.9. The van der Waals surface area contributed by atoms with E-state index in [9.17, 15) is 9.59 Å². The van der Waals surface area contributed by atoms with Crippen LogP contribution in [0.15, 0.2) is 78.9 Å². The number of carbonyl (C=O) groups is 2. The number of ether oxygens (including phenoxy) is 4. The molecule has 0 fully saturated rings. The minimum atomic E-state index is -0.619. The molecule has 40 heavy (non-hydrogen) atoms. The summed E-state index contributed by atoms with van der Waals surface area (Å²) in [4.78, 5) is 25.2. The Morgan fingerprint density at radius 1 is 1.05 bits per heavy atom. The zero-order valence-corrected chi connectivity index (χ0v) is 22.2. The average Bonchev–Trinajstić information content (AvgIpc) is 3.42. The number of aliphatic hydroxyl groups is 1. The van der Waals surface area contributed by atoms with E-state index in [-0.39, 0.29) is 31.8 Å². The highest BCUT2D eigenvalue weighted by Gasteiger charge is 2.24. The lowest BCUT2D eigenvalue weighted by Crippen LogP contribution is -2.22. The number of hydrogen-bond donors (Lipinski definition) is 4. The molecule has 0 spiro atoms. The maximum Gasteiger partial charge on any atom is 0.412 e. The molecule has 210 valence electrons. The topological polar surface area (TPSA) is 141 Å². The summed E-state index contributed by atoms with van der Waals surface area (Å²) in [5, 5.41) is 14.5. The van der Waals surface area contributed by atoms with Crippen molar-refractivity contribution in [3.05, 3.63) is 84.4 Å². The molecule has 5 N–H and O–H groups in total. The van der Waals surface area contributed by atoms with Crippen molar-refractivity contribution >= 4 is 29.1 Å². The first-order valence-corrected chi connectivity index (χ1v) is 13.0. The quantitative estimate of drug-likeness (QED) is 0.178. The Labute approximate surface area is 232 Å².